The first-order chi connectivity index (χ1) is 10.3. The third kappa shape index (κ3) is 2.73. The molecule has 0 radical (unpaired) electrons. The Bertz CT molecular complexity index is 669. The Kier molecular flexibility index (Phi) is 3.05. The zero-order chi connectivity index (χ0) is 14.2. The van der Waals surface area contributed by atoms with Gasteiger partial charge in [0, 0.05) is 17.6 Å². The van der Waals surface area contributed by atoms with Crippen LogP contribution in [0.2, 0.25) is 0 Å². The third-order valence-electron chi connectivity index (χ3n) is 4.28. The molecule has 0 aliphatic heterocycles. The molecular formula is C16H19N3O2. The lowest BCUT2D eigenvalue weighted by Crippen LogP contribution is -2.36. The fourth-order valence-electron chi connectivity index (χ4n) is 2.95. The fourth-order valence-corrected chi connectivity index (χ4v) is 2.95. The number of urea groups is 1. The van der Waals surface area contributed by atoms with E-state index in [0.29, 0.717) is 12.0 Å². The van der Waals surface area contributed by atoms with E-state index >= 15 is 0 Å². The number of anilines is 1. The zero-order valence-corrected chi connectivity index (χ0v) is 11.9. The molecule has 4 rings (SSSR count). The first-order valence-electron chi connectivity index (χ1n) is 7.76. The molecule has 2 aliphatic carbocycles. The minimum Gasteiger partial charge on any atom is -0.440 e. The van der Waals surface area contributed by atoms with Crippen LogP contribution in [0.15, 0.2) is 22.6 Å². The number of amides is 2. The van der Waals surface area contributed by atoms with Gasteiger partial charge in [-0.3, -0.25) is 0 Å². The molecule has 21 heavy (non-hydrogen) atoms. The SMILES string of the molecule is O=C(Nc1ccc2oc(C3CC3)nc2c1)NC1CCCC1. The molecule has 110 valence electrons. The van der Waals surface area contributed by atoms with Crippen molar-refractivity contribution in [2.45, 2.75) is 50.5 Å². The van der Waals surface area contributed by atoms with Gasteiger partial charge in [-0.05, 0) is 43.9 Å². The third-order valence-corrected chi connectivity index (χ3v) is 4.28. The van der Waals surface area contributed by atoms with Crippen LogP contribution < -0.4 is 10.6 Å². The highest BCUT2D eigenvalue weighted by Gasteiger charge is 2.28. The number of aromatic nitrogens is 1. The number of nitrogens with zero attached hydrogens (tertiary/aromatic N) is 1. The van der Waals surface area contributed by atoms with Crippen LogP contribution >= 0.6 is 0 Å². The van der Waals surface area contributed by atoms with Crippen LogP contribution in [0.5, 0.6) is 0 Å². The largest absolute Gasteiger partial charge is 0.440 e. The van der Waals surface area contributed by atoms with E-state index in [1.54, 1.807) is 0 Å². The second kappa shape index (κ2) is 5.06. The molecule has 1 aromatic carbocycles. The lowest BCUT2D eigenvalue weighted by atomic mass is 10.2. The first kappa shape index (κ1) is 12.7. The maximum absolute atomic E-state index is 12.0. The number of hydrogen-bond acceptors (Lipinski definition) is 3. The van der Waals surface area contributed by atoms with Crippen LogP contribution in [0.1, 0.15) is 50.3 Å². The molecule has 0 saturated heterocycles. The number of carbonyl (C=O) groups is 1. The second-order valence-electron chi connectivity index (χ2n) is 6.09. The monoisotopic (exact) mass is 285 g/mol. The Labute approximate surface area is 123 Å². The molecule has 1 heterocycles. The van der Waals surface area contributed by atoms with Crippen molar-refractivity contribution in [3.63, 3.8) is 0 Å². The van der Waals surface area contributed by atoms with E-state index in [1.807, 2.05) is 18.2 Å². The zero-order valence-electron chi connectivity index (χ0n) is 11.9. The van der Waals surface area contributed by atoms with Gasteiger partial charge >= 0.3 is 6.03 Å². The molecule has 2 N–H and O–H groups in total. The van der Waals surface area contributed by atoms with E-state index in [2.05, 4.69) is 15.6 Å². The van der Waals surface area contributed by atoms with Gasteiger partial charge in [-0.25, -0.2) is 9.78 Å². The van der Waals surface area contributed by atoms with Gasteiger partial charge in [0.15, 0.2) is 11.5 Å². The molecule has 0 bridgehead atoms. The van der Waals surface area contributed by atoms with Crippen LogP contribution in [-0.4, -0.2) is 17.1 Å². The van der Waals surface area contributed by atoms with E-state index in [-0.39, 0.29) is 6.03 Å². The average Bonchev–Trinajstić information content (AvgIpc) is 3.03. The summed E-state index contributed by atoms with van der Waals surface area (Å²) in [6, 6.07) is 5.80. The molecule has 2 fully saturated rings. The number of oxazole rings is 1. The smallest absolute Gasteiger partial charge is 0.319 e. The van der Waals surface area contributed by atoms with Gasteiger partial charge < -0.3 is 15.1 Å². The van der Waals surface area contributed by atoms with Crippen LogP contribution in [0.4, 0.5) is 10.5 Å². The normalized spacial score (nSPS) is 19.0. The summed E-state index contributed by atoms with van der Waals surface area (Å²) in [7, 11) is 0. The van der Waals surface area contributed by atoms with Gasteiger partial charge in [0.25, 0.3) is 0 Å². The summed E-state index contributed by atoms with van der Waals surface area (Å²) in [5.41, 5.74) is 2.36. The second-order valence-corrected chi connectivity index (χ2v) is 6.09. The quantitative estimate of drug-likeness (QED) is 0.902. The molecule has 2 saturated carbocycles. The number of benzene rings is 1. The van der Waals surface area contributed by atoms with Crippen LogP contribution in [0, 0.1) is 0 Å². The molecule has 0 spiro atoms. The predicted molar refractivity (Wildman–Crippen MR) is 80.4 cm³/mol. The lowest BCUT2D eigenvalue weighted by molar-refractivity contribution is 0.248. The van der Waals surface area contributed by atoms with Crippen molar-refractivity contribution in [1.82, 2.24) is 10.3 Å². The van der Waals surface area contributed by atoms with Crippen molar-refractivity contribution < 1.29 is 9.21 Å². The highest BCUT2D eigenvalue weighted by atomic mass is 16.3. The Hall–Kier alpha value is -2.04. The van der Waals surface area contributed by atoms with Crippen molar-refractivity contribution >= 4 is 22.8 Å². The highest BCUT2D eigenvalue weighted by molar-refractivity contribution is 5.91. The van der Waals surface area contributed by atoms with Gasteiger partial charge in [-0.2, -0.15) is 0 Å². The Morgan fingerprint density at radius 2 is 2.00 bits per heavy atom. The molecule has 2 aromatic rings. The van der Waals surface area contributed by atoms with Crippen molar-refractivity contribution in [2.24, 2.45) is 0 Å². The van der Waals surface area contributed by atoms with Crippen molar-refractivity contribution in [3.05, 3.63) is 24.1 Å². The highest BCUT2D eigenvalue weighted by Crippen LogP contribution is 2.40. The lowest BCUT2D eigenvalue weighted by Gasteiger charge is -2.12. The number of hydrogen-bond donors (Lipinski definition) is 2. The summed E-state index contributed by atoms with van der Waals surface area (Å²) in [6.07, 6.45) is 6.92. The number of nitrogens with one attached hydrogen (secondary N) is 2. The molecule has 0 unspecified atom stereocenters. The van der Waals surface area contributed by atoms with E-state index in [0.717, 1.165) is 35.5 Å². The standard InChI is InChI=1S/C16H19N3O2/c20-16(17-11-3-1-2-4-11)18-12-7-8-14-13(9-12)19-15(21-14)10-5-6-10/h7-11H,1-6H2,(H2,17,18,20). The first-order valence-corrected chi connectivity index (χ1v) is 7.76. The summed E-state index contributed by atoms with van der Waals surface area (Å²) in [5, 5.41) is 5.90. The predicted octanol–water partition coefficient (Wildman–Crippen LogP) is 3.77. The van der Waals surface area contributed by atoms with Gasteiger partial charge in [0.1, 0.15) is 5.52 Å². The molecule has 5 nitrogen and oxygen atoms in total. The number of carbonyl (C=O) groups excluding carboxylic acids is 1. The van der Waals surface area contributed by atoms with E-state index in [4.69, 9.17) is 4.42 Å². The fraction of sp³-hybridized carbons (Fsp3) is 0.500. The minimum absolute atomic E-state index is 0.132. The van der Waals surface area contributed by atoms with E-state index < -0.39 is 0 Å². The topological polar surface area (TPSA) is 67.2 Å². The number of rotatable bonds is 3. The molecule has 2 amide bonds. The van der Waals surface area contributed by atoms with Gasteiger partial charge in [-0.1, -0.05) is 12.8 Å². The van der Waals surface area contributed by atoms with E-state index in [1.165, 1.54) is 25.7 Å². The van der Waals surface area contributed by atoms with Gasteiger partial charge in [0.05, 0.1) is 0 Å². The van der Waals surface area contributed by atoms with Crippen molar-refractivity contribution in [1.29, 1.82) is 0 Å². The Balaban J connectivity index is 1.46. The van der Waals surface area contributed by atoms with Crippen LogP contribution in [0.3, 0.4) is 0 Å². The summed E-state index contributed by atoms with van der Waals surface area (Å²) in [5.74, 6) is 1.33. The molecule has 2 aliphatic rings. The van der Waals surface area contributed by atoms with Crippen molar-refractivity contribution in [2.75, 3.05) is 5.32 Å². The molecule has 5 heteroatoms. The maximum Gasteiger partial charge on any atom is 0.319 e. The number of fused-ring (bicyclic) bond motifs is 1. The van der Waals surface area contributed by atoms with Gasteiger partial charge in [-0.15, -0.1) is 0 Å². The van der Waals surface area contributed by atoms with Crippen LogP contribution in [-0.2, 0) is 0 Å². The molecular weight excluding hydrogens is 266 g/mol. The maximum atomic E-state index is 12.0. The van der Waals surface area contributed by atoms with Crippen molar-refractivity contribution in [3.8, 4) is 0 Å². The molecule has 0 atom stereocenters. The summed E-state index contributed by atoms with van der Waals surface area (Å²) < 4.78 is 5.72. The Morgan fingerprint density at radius 3 is 2.76 bits per heavy atom. The summed E-state index contributed by atoms with van der Waals surface area (Å²) in [4.78, 5) is 16.5. The molecule has 1 aromatic heterocycles. The minimum atomic E-state index is -0.132. The Morgan fingerprint density at radius 1 is 1.19 bits per heavy atom. The van der Waals surface area contributed by atoms with Crippen LogP contribution in [0.25, 0.3) is 11.1 Å². The summed E-state index contributed by atoms with van der Waals surface area (Å²) >= 11 is 0. The van der Waals surface area contributed by atoms with Gasteiger partial charge in [0.2, 0.25) is 0 Å². The summed E-state index contributed by atoms with van der Waals surface area (Å²) in [6.45, 7) is 0. The van der Waals surface area contributed by atoms with E-state index in [9.17, 15) is 4.79 Å². The average molecular weight is 285 g/mol.